The third-order valence-corrected chi connectivity index (χ3v) is 2.76. The summed E-state index contributed by atoms with van der Waals surface area (Å²) in [4.78, 5) is 18.0. The van der Waals surface area contributed by atoms with Crippen molar-refractivity contribution in [2.75, 3.05) is 6.54 Å². The largest absolute Gasteiger partial charge is 0.356 e. The van der Waals surface area contributed by atoms with Gasteiger partial charge in [0.2, 0.25) is 5.91 Å². The second kappa shape index (κ2) is 6.99. The van der Waals surface area contributed by atoms with E-state index in [1.54, 1.807) is 0 Å². The van der Waals surface area contributed by atoms with Gasteiger partial charge in [-0.3, -0.25) is 9.79 Å². The number of aliphatic imine (C=N–C) groups is 1. The summed E-state index contributed by atoms with van der Waals surface area (Å²) in [6, 6.07) is 0. The van der Waals surface area contributed by atoms with Gasteiger partial charge in [-0.2, -0.15) is 0 Å². The second-order valence-electron chi connectivity index (χ2n) is 4.53. The highest BCUT2D eigenvalue weighted by atomic mass is 16.1. The van der Waals surface area contributed by atoms with Crippen LogP contribution in [0.5, 0.6) is 0 Å². The molecule has 0 spiro atoms. The lowest BCUT2D eigenvalue weighted by Gasteiger charge is -2.29. The molecule has 1 unspecified atom stereocenters. The maximum atomic E-state index is 11.4. The normalized spacial score (nSPS) is 19.8. The van der Waals surface area contributed by atoms with Crippen molar-refractivity contribution in [3.05, 3.63) is 24.0 Å². The van der Waals surface area contributed by atoms with Crippen LogP contribution in [0, 0.1) is 0 Å². The van der Waals surface area contributed by atoms with Crippen LogP contribution >= 0.6 is 0 Å². The zero-order valence-electron chi connectivity index (χ0n) is 11.7. The number of carbonyl (C=O) groups excluding carboxylic acids is 1. The first-order valence-corrected chi connectivity index (χ1v) is 6.49. The van der Waals surface area contributed by atoms with E-state index in [0.29, 0.717) is 6.42 Å². The van der Waals surface area contributed by atoms with Gasteiger partial charge in [0.25, 0.3) is 0 Å². The van der Waals surface area contributed by atoms with E-state index in [9.17, 15) is 4.79 Å². The molecule has 100 valence electrons. The quantitative estimate of drug-likeness (QED) is 0.813. The van der Waals surface area contributed by atoms with Crippen molar-refractivity contribution in [3.63, 3.8) is 0 Å². The van der Waals surface area contributed by atoms with Gasteiger partial charge in [0.15, 0.2) is 0 Å². The molecule has 1 aliphatic heterocycles. The summed E-state index contributed by atoms with van der Waals surface area (Å²) in [5.41, 5.74) is 2.20. The minimum Gasteiger partial charge on any atom is -0.356 e. The van der Waals surface area contributed by atoms with Gasteiger partial charge in [0.05, 0.1) is 0 Å². The molecule has 0 fully saturated rings. The molecule has 0 saturated carbocycles. The van der Waals surface area contributed by atoms with Gasteiger partial charge in [0, 0.05) is 30.6 Å². The number of nitrogens with one attached hydrogen (secondary N) is 1. The molecule has 0 aliphatic carbocycles. The van der Waals surface area contributed by atoms with Crippen LogP contribution in [0.4, 0.5) is 0 Å². The van der Waals surface area contributed by atoms with Crippen molar-refractivity contribution in [1.82, 2.24) is 10.2 Å². The van der Waals surface area contributed by atoms with Gasteiger partial charge in [-0.05, 0) is 33.3 Å². The van der Waals surface area contributed by atoms with Gasteiger partial charge < -0.3 is 10.2 Å². The van der Waals surface area contributed by atoms with Crippen molar-refractivity contribution in [2.24, 2.45) is 4.99 Å². The minimum absolute atomic E-state index is 0.0686. The van der Waals surface area contributed by atoms with Crippen LogP contribution in [0.15, 0.2) is 29.0 Å². The van der Waals surface area contributed by atoms with Crippen molar-refractivity contribution < 1.29 is 4.79 Å². The molecule has 1 atom stereocenters. The third kappa shape index (κ3) is 4.35. The number of hydrogen-bond acceptors (Lipinski definition) is 3. The average Bonchev–Trinajstić information content (AvgIpc) is 2.29. The molecule has 4 heteroatoms. The molecule has 1 rings (SSSR count). The van der Waals surface area contributed by atoms with E-state index in [-0.39, 0.29) is 12.1 Å². The topological polar surface area (TPSA) is 44.7 Å². The number of allylic oxidation sites excluding steroid dienone is 2. The van der Waals surface area contributed by atoms with Crippen LogP contribution in [-0.4, -0.2) is 29.2 Å². The predicted molar refractivity (Wildman–Crippen MR) is 75.2 cm³/mol. The fraction of sp³-hybridized carbons (Fsp3) is 0.571. The smallest absolute Gasteiger partial charge is 0.223 e. The van der Waals surface area contributed by atoms with E-state index >= 15 is 0 Å². The Morgan fingerprint density at radius 2 is 2.28 bits per heavy atom. The number of nitrogens with zero attached hydrogens (tertiary/aromatic N) is 2. The zero-order valence-corrected chi connectivity index (χ0v) is 11.7. The molecular weight excluding hydrogens is 226 g/mol. The van der Waals surface area contributed by atoms with Crippen LogP contribution in [0.1, 0.15) is 40.5 Å². The maximum Gasteiger partial charge on any atom is 0.223 e. The van der Waals surface area contributed by atoms with Gasteiger partial charge in [-0.25, -0.2) is 0 Å². The lowest BCUT2D eigenvalue weighted by atomic mass is 10.2. The molecule has 4 nitrogen and oxygen atoms in total. The molecule has 1 amide bonds. The van der Waals surface area contributed by atoms with E-state index in [4.69, 9.17) is 0 Å². The first-order chi connectivity index (χ1) is 8.54. The van der Waals surface area contributed by atoms with E-state index < -0.39 is 0 Å². The Bertz CT molecular complexity index is 383. The molecule has 0 aromatic rings. The fourth-order valence-electron chi connectivity index (χ4n) is 1.92. The Balaban J connectivity index is 2.48. The summed E-state index contributed by atoms with van der Waals surface area (Å²) < 4.78 is 0. The monoisotopic (exact) mass is 249 g/mol. The second-order valence-corrected chi connectivity index (χ2v) is 4.53. The Kier molecular flexibility index (Phi) is 5.62. The number of hydrogen-bond donors (Lipinski definition) is 1. The van der Waals surface area contributed by atoms with E-state index in [1.165, 1.54) is 0 Å². The minimum atomic E-state index is 0.0686. The summed E-state index contributed by atoms with van der Waals surface area (Å²) in [5.74, 6) is 0.0686. The zero-order chi connectivity index (χ0) is 13.5. The maximum absolute atomic E-state index is 11.4. The Labute approximate surface area is 109 Å². The number of rotatable bonds is 5. The highest BCUT2D eigenvalue weighted by Gasteiger charge is 2.14. The number of carbonyl (C=O) groups is 1. The fourth-order valence-corrected chi connectivity index (χ4v) is 1.92. The van der Waals surface area contributed by atoms with Gasteiger partial charge in [-0.1, -0.05) is 13.0 Å². The molecule has 0 bridgehead atoms. The summed E-state index contributed by atoms with van der Waals surface area (Å²) >= 11 is 0. The molecule has 1 heterocycles. The molecule has 1 N–H and O–H groups in total. The summed E-state index contributed by atoms with van der Waals surface area (Å²) in [6.45, 7) is 8.88. The molecule has 0 radical (unpaired) electrons. The molecule has 18 heavy (non-hydrogen) atoms. The Hall–Kier alpha value is -1.58. The van der Waals surface area contributed by atoms with Gasteiger partial charge in [-0.15, -0.1) is 0 Å². The summed E-state index contributed by atoms with van der Waals surface area (Å²) in [6.07, 6.45) is 7.35. The highest BCUT2D eigenvalue weighted by molar-refractivity contribution is 5.94. The molecular formula is C14H23N3O. The van der Waals surface area contributed by atoms with Gasteiger partial charge >= 0.3 is 0 Å². The summed E-state index contributed by atoms with van der Waals surface area (Å²) in [5, 5.41) is 2.85. The molecule has 0 aromatic carbocycles. The van der Waals surface area contributed by atoms with Crippen LogP contribution in [0.3, 0.4) is 0 Å². The first-order valence-electron chi connectivity index (χ1n) is 6.49. The Morgan fingerprint density at radius 3 is 2.89 bits per heavy atom. The van der Waals surface area contributed by atoms with Gasteiger partial charge in [0.1, 0.15) is 6.17 Å². The lowest BCUT2D eigenvalue weighted by Crippen LogP contribution is -2.29. The first kappa shape index (κ1) is 14.5. The van der Waals surface area contributed by atoms with Crippen molar-refractivity contribution in [1.29, 1.82) is 0 Å². The molecule has 0 saturated heterocycles. The lowest BCUT2D eigenvalue weighted by molar-refractivity contribution is -0.120. The summed E-state index contributed by atoms with van der Waals surface area (Å²) in [7, 11) is 0. The predicted octanol–water partition coefficient (Wildman–Crippen LogP) is 2.44. The van der Waals surface area contributed by atoms with E-state index in [1.807, 2.05) is 39.1 Å². The number of amides is 1. The van der Waals surface area contributed by atoms with Crippen molar-refractivity contribution in [2.45, 2.75) is 46.7 Å². The standard InChI is InChI=1S/C14H23N3O/c1-5-8-15-14(18)7-6-9-17-12(3)10-11(2)16-13(17)4/h6,9-10,13H,5,7-8H2,1-4H3,(H,15,18)/b9-6-. The van der Waals surface area contributed by atoms with Crippen molar-refractivity contribution in [3.8, 4) is 0 Å². The van der Waals surface area contributed by atoms with Crippen LogP contribution in [0.25, 0.3) is 0 Å². The van der Waals surface area contributed by atoms with Crippen LogP contribution in [-0.2, 0) is 4.79 Å². The van der Waals surface area contributed by atoms with E-state index in [0.717, 1.165) is 24.4 Å². The highest BCUT2D eigenvalue weighted by Crippen LogP contribution is 2.16. The Morgan fingerprint density at radius 1 is 1.56 bits per heavy atom. The van der Waals surface area contributed by atoms with Crippen LogP contribution < -0.4 is 5.32 Å². The van der Waals surface area contributed by atoms with E-state index in [2.05, 4.69) is 22.1 Å². The van der Waals surface area contributed by atoms with Crippen LogP contribution in [0.2, 0.25) is 0 Å². The average molecular weight is 249 g/mol. The molecule has 0 aromatic heterocycles. The third-order valence-electron chi connectivity index (χ3n) is 2.76. The molecule has 1 aliphatic rings. The SMILES string of the molecule is CCCNC(=O)C/C=C\N1C(C)=CC(C)=NC1C. The van der Waals surface area contributed by atoms with Crippen molar-refractivity contribution >= 4 is 11.6 Å².